The van der Waals surface area contributed by atoms with Crippen molar-refractivity contribution >= 4 is 72.0 Å². The third kappa shape index (κ3) is 37.0. The second kappa shape index (κ2) is 38.9. The second-order valence-corrected chi connectivity index (χ2v) is 13.7. The Morgan fingerprint density at radius 2 is 0.868 bits per heavy atom. The van der Waals surface area contributed by atoms with Gasteiger partial charge in [0.25, 0.3) is 0 Å². The first-order chi connectivity index (χ1) is 31.5. The van der Waals surface area contributed by atoms with Gasteiger partial charge in [-0.25, -0.2) is 9.59 Å². The van der Waals surface area contributed by atoms with Crippen molar-refractivity contribution < 1.29 is 128 Å². The fourth-order valence-corrected chi connectivity index (χ4v) is 5.12. The number of aliphatic hydroxyl groups excluding tert-OH is 2. The Balaban J connectivity index is -0.000000539. The summed E-state index contributed by atoms with van der Waals surface area (Å²) < 4.78 is 9.81. The monoisotopic (exact) mass is 984 g/mol. The highest BCUT2D eigenvalue weighted by Gasteiger charge is 2.32. The number of carboxylic acids is 8. The summed E-state index contributed by atoms with van der Waals surface area (Å²) in [5, 5.41) is 92.1. The highest BCUT2D eigenvalue weighted by Crippen LogP contribution is 2.11. The number of esters is 2. The number of aliphatic hydroxyl groups is 2. The lowest BCUT2D eigenvalue weighted by Crippen LogP contribution is -2.51. The molecule has 0 aliphatic rings. The lowest BCUT2D eigenvalue weighted by Gasteiger charge is -2.33. The highest BCUT2D eigenvalue weighted by molar-refractivity contribution is 5.87. The van der Waals surface area contributed by atoms with E-state index >= 15 is 0 Å². The van der Waals surface area contributed by atoms with Crippen LogP contribution >= 0.6 is 0 Å². The molecule has 0 radical (unpaired) electrons. The third-order valence-electron chi connectivity index (χ3n) is 8.20. The van der Waals surface area contributed by atoms with E-state index in [9.17, 15) is 68.4 Å². The molecule has 4 atom stereocenters. The highest BCUT2D eigenvalue weighted by atomic mass is 16.5. The maximum atomic E-state index is 11.6. The van der Waals surface area contributed by atoms with Crippen molar-refractivity contribution in [3.63, 3.8) is 0 Å². The summed E-state index contributed by atoms with van der Waals surface area (Å²) in [5.41, 5.74) is 0.233. The van der Waals surface area contributed by atoms with Gasteiger partial charge in [0.05, 0.1) is 51.4 Å². The van der Waals surface area contributed by atoms with Crippen LogP contribution in [0.1, 0.15) is 39.5 Å². The minimum absolute atomic E-state index is 0.0710. The molecule has 0 fully saturated rings. The maximum Gasteiger partial charge on any atom is 0.373 e. The molecule has 30 heteroatoms. The van der Waals surface area contributed by atoms with E-state index in [0.29, 0.717) is 0 Å². The van der Waals surface area contributed by atoms with Crippen molar-refractivity contribution in [2.45, 2.75) is 63.8 Å². The van der Waals surface area contributed by atoms with E-state index in [1.165, 1.54) is 23.6 Å². The van der Waals surface area contributed by atoms with Gasteiger partial charge in [0, 0.05) is 57.0 Å². The summed E-state index contributed by atoms with van der Waals surface area (Å²) in [7, 11) is 0. The average Bonchev–Trinajstić information content (AvgIpc) is 3.21. The molecule has 0 saturated heterocycles. The summed E-state index contributed by atoms with van der Waals surface area (Å²) in [4.78, 5) is 149. The van der Waals surface area contributed by atoms with Crippen LogP contribution in [0.2, 0.25) is 0 Å². The van der Waals surface area contributed by atoms with E-state index in [0.717, 1.165) is 9.80 Å². The number of nitrogens with zero attached hydrogens (tertiary/aromatic N) is 4. The Morgan fingerprint density at radius 3 is 1.19 bits per heavy atom. The molecule has 0 aromatic heterocycles. The zero-order valence-electron chi connectivity index (χ0n) is 36.8. The van der Waals surface area contributed by atoms with Gasteiger partial charge in [-0.15, -0.1) is 0 Å². The Labute approximate surface area is 385 Å². The predicted octanol–water partition coefficient (Wildman–Crippen LogP) is -4.05. The molecular formula is C38H56N4O26. The van der Waals surface area contributed by atoms with E-state index < -0.39 is 123 Å². The van der Waals surface area contributed by atoms with Gasteiger partial charge >= 0.3 is 72.0 Å². The first-order valence-corrected chi connectivity index (χ1v) is 19.2. The van der Waals surface area contributed by atoms with Gasteiger partial charge in [-0.2, -0.15) is 19.2 Å². The molecule has 0 aliphatic carbocycles. The van der Waals surface area contributed by atoms with Gasteiger partial charge in [-0.3, -0.25) is 58.0 Å². The zero-order valence-corrected chi connectivity index (χ0v) is 36.8. The van der Waals surface area contributed by atoms with Crippen LogP contribution in [0.5, 0.6) is 0 Å². The number of rotatable bonds is 34. The minimum atomic E-state index is -1.64. The molecule has 0 aromatic rings. The van der Waals surface area contributed by atoms with Crippen LogP contribution in [0.3, 0.4) is 0 Å². The predicted molar refractivity (Wildman–Crippen MR) is 217 cm³/mol. The molecule has 0 bridgehead atoms. The summed E-state index contributed by atoms with van der Waals surface area (Å²) in [6.07, 6.45) is -3.08. The van der Waals surface area contributed by atoms with Gasteiger partial charge in [0.15, 0.2) is 0 Å². The Kier molecular flexibility index (Phi) is 38.5. The van der Waals surface area contributed by atoms with Crippen molar-refractivity contribution in [3.8, 4) is 0 Å². The fraction of sp³-hybridized carbons (Fsp3) is 0.579. The molecular weight excluding hydrogens is 928 g/mol. The van der Waals surface area contributed by atoms with Crippen LogP contribution < -0.4 is 0 Å². The number of hydrogen-bond acceptors (Lipinski definition) is 22. The largest absolute Gasteiger partial charge is 0.481 e. The van der Waals surface area contributed by atoms with Crippen molar-refractivity contribution in [2.24, 2.45) is 0 Å². The quantitative estimate of drug-likeness (QED) is 0.0217. The molecule has 10 N–H and O–H groups in total. The van der Waals surface area contributed by atoms with Crippen LogP contribution in [0.15, 0.2) is 24.3 Å². The Morgan fingerprint density at radius 1 is 0.515 bits per heavy atom. The zero-order chi connectivity index (χ0) is 53.7. The van der Waals surface area contributed by atoms with Crippen LogP contribution in [-0.4, -0.2) is 246 Å². The molecule has 0 heterocycles. The summed E-state index contributed by atoms with van der Waals surface area (Å²) >= 11 is 0. The van der Waals surface area contributed by atoms with Crippen molar-refractivity contribution in [1.82, 2.24) is 19.6 Å². The van der Waals surface area contributed by atoms with E-state index in [1.807, 2.05) is 0 Å². The lowest BCUT2D eigenvalue weighted by molar-refractivity contribution is -0.193. The molecule has 384 valence electrons. The van der Waals surface area contributed by atoms with Gasteiger partial charge in [0.2, 0.25) is 0 Å². The third-order valence-corrected chi connectivity index (χ3v) is 8.20. The van der Waals surface area contributed by atoms with Crippen LogP contribution in [-0.2, 0) is 76.6 Å². The minimum Gasteiger partial charge on any atom is -0.481 e. The summed E-state index contributed by atoms with van der Waals surface area (Å²) in [6, 6.07) is -4.11. The van der Waals surface area contributed by atoms with Gasteiger partial charge in [0.1, 0.15) is 31.4 Å². The molecule has 0 aliphatic heterocycles. The van der Waals surface area contributed by atoms with Crippen LogP contribution in [0, 0.1) is 0 Å². The molecule has 4 unspecified atom stereocenters. The topological polar surface area (TPSA) is 473 Å². The van der Waals surface area contributed by atoms with Crippen LogP contribution in [0.4, 0.5) is 0 Å². The van der Waals surface area contributed by atoms with Crippen LogP contribution in [0.25, 0.3) is 0 Å². The molecule has 0 rings (SSSR count). The van der Waals surface area contributed by atoms with Gasteiger partial charge in [-0.1, -0.05) is 13.2 Å². The number of hydrogen-bond donors (Lipinski definition) is 10. The fourth-order valence-electron chi connectivity index (χ4n) is 5.12. The number of carbonyl (C=O) groups is 10. The average molecular weight is 985 g/mol. The summed E-state index contributed by atoms with van der Waals surface area (Å²) in [5.74, 6) is -12.4. The molecule has 0 spiro atoms. The Bertz CT molecular complexity index is 1760. The molecule has 68 heavy (non-hydrogen) atoms. The first-order valence-electron chi connectivity index (χ1n) is 19.2. The molecule has 0 aromatic carbocycles. The second-order valence-electron chi connectivity index (χ2n) is 13.7. The van der Waals surface area contributed by atoms with E-state index in [1.54, 1.807) is 0 Å². The molecule has 0 saturated carbocycles. The number of carbonyl (C=O) groups excluding carboxylic acids is 6. The normalized spacial score (nSPS) is 12.0. The maximum absolute atomic E-state index is 11.6. The van der Waals surface area contributed by atoms with E-state index in [2.05, 4.69) is 13.2 Å². The SMILES string of the molecule is C=C(C)C(=O)OCC(CO)N(CCC(=O)O)CCN(CC(=O)O)C(CC(=O)O)C(=O)O.C=C(C)C(=O)OCC(O)CN(CCC(=O)O)CCN(CC(=O)O)C(CC(=O)O)C(=O)O.O=C=O.O=C=O. The molecule has 0 amide bonds. The smallest absolute Gasteiger partial charge is 0.373 e. The van der Waals surface area contributed by atoms with Gasteiger partial charge in [-0.05, 0) is 13.8 Å². The van der Waals surface area contributed by atoms with Gasteiger partial charge < -0.3 is 60.5 Å². The Hall–Kier alpha value is -7.30. The standard InChI is InChI=1S/2C18H28N2O11.2CO2/c1-11(2)18(30)31-10-12(9-21)19(4-3-14(22)23)5-6-20(8-16(26)27)13(17(28)29)7-15(24)25;1-11(2)18(30)31-10-12(21)8-19(4-3-14(22)23)5-6-20(9-16(26)27)13(17(28)29)7-15(24)25;2*2-1-3/h2*12-13,21H,1,3-10H2,2H3,(H,22,23)(H,24,25)(H,26,27)(H,28,29);;. The number of carboxylic acid groups (broad SMARTS) is 8. The van der Waals surface area contributed by atoms with Crippen molar-refractivity contribution in [1.29, 1.82) is 0 Å². The van der Waals surface area contributed by atoms with E-state index in [4.69, 9.17) is 59.3 Å². The van der Waals surface area contributed by atoms with Crippen molar-refractivity contribution in [2.75, 3.05) is 78.7 Å². The lowest BCUT2D eigenvalue weighted by atomic mass is 10.1. The van der Waals surface area contributed by atoms with Crippen molar-refractivity contribution in [3.05, 3.63) is 24.3 Å². The number of ether oxygens (including phenoxy) is 2. The molecule has 30 nitrogen and oxygen atoms in total. The number of aliphatic carboxylic acids is 8. The van der Waals surface area contributed by atoms with E-state index in [-0.39, 0.29) is 88.7 Å². The first kappa shape index (κ1) is 67.3. The summed E-state index contributed by atoms with van der Waals surface area (Å²) in [6.45, 7) is 5.81.